The molecule has 1 amide bonds. The molecule has 7 heteroatoms. The number of likely N-dealkylation sites (N-methyl/N-ethyl adjacent to an activating group) is 1. The topological polar surface area (TPSA) is 52.0 Å². The number of nitrogens with one attached hydrogen (secondary N) is 2. The predicted molar refractivity (Wildman–Crippen MR) is 87.6 cm³/mol. The van der Waals surface area contributed by atoms with Crippen molar-refractivity contribution in [3.63, 3.8) is 0 Å². The molecule has 1 rings (SSSR count). The zero-order valence-corrected chi connectivity index (χ0v) is 14.9. The summed E-state index contributed by atoms with van der Waals surface area (Å²) in [6.07, 6.45) is 0. The summed E-state index contributed by atoms with van der Waals surface area (Å²) in [4.78, 5) is 13.1. The van der Waals surface area contributed by atoms with Crippen LogP contribution < -0.4 is 19.7 Å². The van der Waals surface area contributed by atoms with Crippen LogP contribution in [0.15, 0.2) is 18.2 Å². The number of rotatable bonds is 8. The maximum absolute atomic E-state index is 12.4. The Labute approximate surface area is 141 Å². The van der Waals surface area contributed by atoms with E-state index < -0.39 is 6.61 Å². The first-order chi connectivity index (χ1) is 11.1. The number of carbonyl (C=O) groups excluding carboxylic acids is 1. The third-order valence-corrected chi connectivity index (χ3v) is 3.32. The van der Waals surface area contributed by atoms with E-state index >= 15 is 0 Å². The highest BCUT2D eigenvalue weighted by Gasteiger charge is 2.19. The molecule has 136 valence electrons. The molecular weight excluding hydrogens is 318 g/mol. The van der Waals surface area contributed by atoms with E-state index in [9.17, 15) is 13.6 Å². The lowest BCUT2D eigenvalue weighted by atomic mass is 10.1. The zero-order chi connectivity index (χ0) is 18.3. The van der Waals surface area contributed by atoms with Crippen molar-refractivity contribution in [2.45, 2.75) is 46.4 Å². The van der Waals surface area contributed by atoms with Gasteiger partial charge in [-0.1, -0.05) is 0 Å². The van der Waals surface area contributed by atoms with Crippen molar-refractivity contribution in [3.8, 4) is 11.5 Å². The molecule has 0 aliphatic rings. The number of alkyl halides is 2. The molecule has 0 radical (unpaired) electrons. The molecule has 2 N–H and O–H groups in total. The second-order valence-corrected chi connectivity index (χ2v) is 6.62. The minimum atomic E-state index is -2.90. The Bertz CT molecular complexity index is 545. The predicted octanol–water partition coefficient (Wildman–Crippen LogP) is 1.62. The van der Waals surface area contributed by atoms with E-state index in [1.54, 1.807) is 12.1 Å². The van der Waals surface area contributed by atoms with Crippen molar-refractivity contribution >= 4 is 5.91 Å². The summed E-state index contributed by atoms with van der Waals surface area (Å²) in [5.74, 6) is 0.228. The molecule has 1 atom stereocenters. The summed E-state index contributed by atoms with van der Waals surface area (Å²) in [6.45, 7) is 6.57. The van der Waals surface area contributed by atoms with Crippen LogP contribution in [-0.2, 0) is 11.3 Å². The van der Waals surface area contributed by atoms with Crippen LogP contribution in [0.5, 0.6) is 11.5 Å². The maximum Gasteiger partial charge on any atom is 0.387 e. The van der Waals surface area contributed by atoms with Crippen molar-refractivity contribution in [1.82, 2.24) is 5.32 Å². The molecule has 0 spiro atoms. The van der Waals surface area contributed by atoms with Crippen LogP contribution in [0.2, 0.25) is 0 Å². The maximum atomic E-state index is 12.4. The first-order valence-electron chi connectivity index (χ1n) is 7.91. The third kappa shape index (κ3) is 7.12. The van der Waals surface area contributed by atoms with Gasteiger partial charge in [-0.3, -0.25) is 4.79 Å². The van der Waals surface area contributed by atoms with Crippen molar-refractivity contribution in [2.24, 2.45) is 0 Å². The van der Waals surface area contributed by atoms with Gasteiger partial charge in [-0.15, -0.1) is 0 Å². The zero-order valence-electron chi connectivity index (χ0n) is 14.9. The summed E-state index contributed by atoms with van der Waals surface area (Å²) in [5, 5.41) is 2.94. The van der Waals surface area contributed by atoms with E-state index in [1.165, 1.54) is 13.2 Å². The van der Waals surface area contributed by atoms with E-state index in [1.807, 2.05) is 27.7 Å². The van der Waals surface area contributed by atoms with Gasteiger partial charge in [0.05, 0.1) is 13.7 Å². The van der Waals surface area contributed by atoms with Crippen LogP contribution in [0.25, 0.3) is 0 Å². The lowest BCUT2D eigenvalue weighted by Crippen LogP contribution is -3.11. The molecule has 1 aromatic carbocycles. The van der Waals surface area contributed by atoms with E-state index in [4.69, 9.17) is 4.74 Å². The monoisotopic (exact) mass is 345 g/mol. The van der Waals surface area contributed by atoms with E-state index in [2.05, 4.69) is 10.1 Å². The van der Waals surface area contributed by atoms with Crippen LogP contribution in [0, 0.1) is 0 Å². The molecule has 1 unspecified atom stereocenters. The fourth-order valence-corrected chi connectivity index (χ4v) is 2.31. The van der Waals surface area contributed by atoms with E-state index in [0.29, 0.717) is 13.1 Å². The van der Waals surface area contributed by atoms with Gasteiger partial charge in [0.1, 0.15) is 6.54 Å². The number of halogens is 2. The number of carbonyl (C=O) groups is 1. The number of quaternary nitrogens is 1. The Balaban J connectivity index is 2.76. The van der Waals surface area contributed by atoms with E-state index in [-0.39, 0.29) is 22.9 Å². The highest BCUT2D eigenvalue weighted by Crippen LogP contribution is 2.29. The minimum Gasteiger partial charge on any atom is -0.493 e. The molecule has 0 aromatic heterocycles. The van der Waals surface area contributed by atoms with Gasteiger partial charge in [-0.05, 0) is 45.9 Å². The van der Waals surface area contributed by atoms with Crippen LogP contribution in [0.3, 0.4) is 0 Å². The Morgan fingerprint density at radius 3 is 2.46 bits per heavy atom. The number of hydrogen-bond acceptors (Lipinski definition) is 3. The van der Waals surface area contributed by atoms with Gasteiger partial charge in [0.25, 0.3) is 5.91 Å². The third-order valence-electron chi connectivity index (χ3n) is 3.32. The molecule has 1 aromatic rings. The summed E-state index contributed by atoms with van der Waals surface area (Å²) >= 11 is 0. The number of amides is 1. The average Bonchev–Trinajstić information content (AvgIpc) is 2.45. The van der Waals surface area contributed by atoms with Gasteiger partial charge >= 0.3 is 6.61 Å². The fraction of sp³-hybridized carbons (Fsp3) is 0.588. The molecular formula is C17H27F2N2O3+. The molecule has 0 fully saturated rings. The minimum absolute atomic E-state index is 0.000209. The Hall–Kier alpha value is -1.89. The summed E-state index contributed by atoms with van der Waals surface area (Å²) in [6, 6.07) is 4.83. The molecule has 24 heavy (non-hydrogen) atoms. The Morgan fingerprint density at radius 2 is 1.96 bits per heavy atom. The molecule has 0 bridgehead atoms. The van der Waals surface area contributed by atoms with Crippen LogP contribution >= 0.6 is 0 Å². The van der Waals surface area contributed by atoms with Crippen LogP contribution in [0.1, 0.15) is 33.3 Å². The van der Waals surface area contributed by atoms with Gasteiger partial charge in [0, 0.05) is 11.1 Å². The van der Waals surface area contributed by atoms with Crippen molar-refractivity contribution in [2.75, 3.05) is 20.2 Å². The second-order valence-electron chi connectivity index (χ2n) is 6.62. The standard InChI is InChI=1S/C17H26F2N2O3/c1-6-21(11-15(22)20-17(2,3)4)10-12-7-8-13(24-16(18)19)14(9-12)23-5/h7-9,16H,6,10-11H2,1-5H3,(H,20,22)/p+1. The second kappa shape index (κ2) is 8.82. The molecule has 0 saturated carbocycles. The SMILES string of the molecule is CC[NH+](CC(=O)NC(C)(C)C)Cc1ccc(OC(F)F)c(OC)c1. The molecule has 0 heterocycles. The highest BCUT2D eigenvalue weighted by molar-refractivity contribution is 5.77. The Morgan fingerprint density at radius 1 is 1.29 bits per heavy atom. The van der Waals surface area contributed by atoms with Crippen molar-refractivity contribution < 1.29 is 27.9 Å². The first kappa shape index (κ1) is 20.2. The summed E-state index contributed by atoms with van der Waals surface area (Å²) < 4.78 is 34.2. The smallest absolute Gasteiger partial charge is 0.387 e. The number of methoxy groups -OCH3 is 1. The first-order valence-corrected chi connectivity index (χ1v) is 7.91. The fourth-order valence-electron chi connectivity index (χ4n) is 2.31. The van der Waals surface area contributed by atoms with Crippen LogP contribution in [-0.4, -0.2) is 38.3 Å². The number of hydrogen-bond donors (Lipinski definition) is 2. The molecule has 0 aliphatic carbocycles. The summed E-state index contributed by atoms with van der Waals surface area (Å²) in [7, 11) is 1.40. The van der Waals surface area contributed by atoms with Gasteiger partial charge in [0.2, 0.25) is 0 Å². The lowest BCUT2D eigenvalue weighted by Gasteiger charge is -2.23. The normalized spacial score (nSPS) is 12.8. The average molecular weight is 345 g/mol. The van der Waals surface area contributed by atoms with Gasteiger partial charge in [-0.2, -0.15) is 8.78 Å². The van der Waals surface area contributed by atoms with Crippen molar-refractivity contribution in [1.29, 1.82) is 0 Å². The molecule has 0 saturated heterocycles. The van der Waals surface area contributed by atoms with Crippen molar-refractivity contribution in [3.05, 3.63) is 23.8 Å². The summed E-state index contributed by atoms with van der Waals surface area (Å²) in [5.41, 5.74) is 0.613. The number of ether oxygens (including phenoxy) is 2. The molecule has 5 nitrogen and oxygen atoms in total. The Kier molecular flexibility index (Phi) is 7.41. The quantitative estimate of drug-likeness (QED) is 0.753. The van der Waals surface area contributed by atoms with Gasteiger partial charge in [-0.25, -0.2) is 0 Å². The van der Waals surface area contributed by atoms with Crippen LogP contribution in [0.4, 0.5) is 8.78 Å². The van der Waals surface area contributed by atoms with Gasteiger partial charge < -0.3 is 19.7 Å². The highest BCUT2D eigenvalue weighted by atomic mass is 19.3. The van der Waals surface area contributed by atoms with E-state index in [0.717, 1.165) is 17.0 Å². The lowest BCUT2D eigenvalue weighted by molar-refractivity contribution is -0.904. The largest absolute Gasteiger partial charge is 0.493 e. The molecule has 0 aliphatic heterocycles. The van der Waals surface area contributed by atoms with Gasteiger partial charge in [0.15, 0.2) is 18.0 Å². The number of benzene rings is 1.